The molecule has 0 aromatic carbocycles. The SMILES string of the molecule is COC(=O)c1cc(C)nc(-c2c[nH]n(C)c2=O)c1. The van der Waals surface area contributed by atoms with Crippen LogP contribution in [-0.2, 0) is 11.8 Å². The van der Waals surface area contributed by atoms with Crippen LogP contribution in [0.1, 0.15) is 16.1 Å². The van der Waals surface area contributed by atoms with Crippen LogP contribution in [-0.4, -0.2) is 27.8 Å². The van der Waals surface area contributed by atoms with E-state index in [1.165, 1.54) is 11.8 Å². The lowest BCUT2D eigenvalue weighted by Crippen LogP contribution is -2.14. The number of methoxy groups -OCH3 is 1. The Morgan fingerprint density at radius 2 is 2.17 bits per heavy atom. The average molecular weight is 247 g/mol. The predicted octanol–water partition coefficient (Wildman–Crippen LogP) is 0.870. The van der Waals surface area contributed by atoms with Gasteiger partial charge in [0.05, 0.1) is 23.9 Å². The number of esters is 1. The van der Waals surface area contributed by atoms with Crippen molar-refractivity contribution in [2.24, 2.45) is 7.05 Å². The molecule has 0 radical (unpaired) electrons. The van der Waals surface area contributed by atoms with E-state index in [1.54, 1.807) is 32.3 Å². The number of pyridine rings is 1. The summed E-state index contributed by atoms with van der Waals surface area (Å²) in [5, 5.41) is 2.77. The largest absolute Gasteiger partial charge is 0.465 e. The summed E-state index contributed by atoms with van der Waals surface area (Å²) in [7, 11) is 2.93. The summed E-state index contributed by atoms with van der Waals surface area (Å²) < 4.78 is 6.00. The fourth-order valence-electron chi connectivity index (χ4n) is 1.69. The van der Waals surface area contributed by atoms with Crippen LogP contribution in [0.15, 0.2) is 23.1 Å². The van der Waals surface area contributed by atoms with Gasteiger partial charge >= 0.3 is 5.97 Å². The molecule has 0 aliphatic heterocycles. The van der Waals surface area contributed by atoms with Crippen LogP contribution in [0, 0.1) is 6.92 Å². The standard InChI is InChI=1S/C12H13N3O3/c1-7-4-8(12(17)18-3)5-10(14-7)9-6-13-15(2)11(9)16/h4-6,13H,1-3H3. The molecule has 0 saturated carbocycles. The molecular formula is C12H13N3O3. The van der Waals surface area contributed by atoms with Gasteiger partial charge in [-0.15, -0.1) is 0 Å². The molecule has 0 fully saturated rings. The maximum atomic E-state index is 11.8. The molecule has 2 aromatic rings. The Balaban J connectivity index is 2.59. The number of ether oxygens (including phenoxy) is 1. The lowest BCUT2D eigenvalue weighted by molar-refractivity contribution is 0.0600. The maximum Gasteiger partial charge on any atom is 0.337 e. The summed E-state index contributed by atoms with van der Waals surface area (Å²) in [5.74, 6) is -0.450. The molecule has 0 bridgehead atoms. The van der Waals surface area contributed by atoms with Crippen molar-refractivity contribution < 1.29 is 9.53 Å². The Bertz CT molecular complexity index is 655. The fraction of sp³-hybridized carbons (Fsp3) is 0.250. The molecule has 2 aromatic heterocycles. The van der Waals surface area contributed by atoms with E-state index >= 15 is 0 Å². The van der Waals surface area contributed by atoms with Crippen LogP contribution >= 0.6 is 0 Å². The number of carbonyl (C=O) groups is 1. The minimum atomic E-state index is -0.450. The van der Waals surface area contributed by atoms with E-state index in [9.17, 15) is 9.59 Å². The third-order valence-electron chi connectivity index (χ3n) is 2.59. The molecule has 94 valence electrons. The second-order valence-electron chi connectivity index (χ2n) is 3.93. The van der Waals surface area contributed by atoms with Crippen molar-refractivity contribution in [3.05, 3.63) is 39.9 Å². The summed E-state index contributed by atoms with van der Waals surface area (Å²) in [5.41, 5.74) is 1.71. The molecule has 0 aliphatic rings. The van der Waals surface area contributed by atoms with Gasteiger partial charge in [-0.2, -0.15) is 0 Å². The molecule has 2 rings (SSSR count). The average Bonchev–Trinajstić information content (AvgIpc) is 2.68. The molecule has 1 N–H and O–H groups in total. The van der Waals surface area contributed by atoms with Gasteiger partial charge < -0.3 is 9.84 Å². The van der Waals surface area contributed by atoms with Crippen LogP contribution in [0.4, 0.5) is 0 Å². The molecular weight excluding hydrogens is 234 g/mol. The van der Waals surface area contributed by atoms with Gasteiger partial charge in [-0.3, -0.25) is 14.5 Å². The van der Waals surface area contributed by atoms with Crippen molar-refractivity contribution in [3.63, 3.8) is 0 Å². The monoisotopic (exact) mass is 247 g/mol. The van der Waals surface area contributed by atoms with Crippen LogP contribution in [0.3, 0.4) is 0 Å². The second-order valence-corrected chi connectivity index (χ2v) is 3.93. The number of nitrogens with one attached hydrogen (secondary N) is 1. The highest BCUT2D eigenvalue weighted by Crippen LogP contribution is 2.15. The Labute approximate surface area is 103 Å². The van der Waals surface area contributed by atoms with E-state index in [-0.39, 0.29) is 5.56 Å². The highest BCUT2D eigenvalue weighted by atomic mass is 16.5. The number of hydrogen-bond acceptors (Lipinski definition) is 4. The topological polar surface area (TPSA) is 77.0 Å². The Hall–Kier alpha value is -2.37. The van der Waals surface area contributed by atoms with Crippen molar-refractivity contribution in [3.8, 4) is 11.3 Å². The maximum absolute atomic E-state index is 11.8. The summed E-state index contributed by atoms with van der Waals surface area (Å²) in [6.45, 7) is 1.76. The number of hydrogen-bond donors (Lipinski definition) is 1. The van der Waals surface area contributed by atoms with Gasteiger partial charge in [0.25, 0.3) is 5.56 Å². The molecule has 0 saturated heterocycles. The highest BCUT2D eigenvalue weighted by molar-refractivity contribution is 5.90. The predicted molar refractivity (Wildman–Crippen MR) is 65.3 cm³/mol. The highest BCUT2D eigenvalue weighted by Gasteiger charge is 2.13. The Morgan fingerprint density at radius 1 is 1.44 bits per heavy atom. The lowest BCUT2D eigenvalue weighted by atomic mass is 10.1. The molecule has 0 aliphatic carbocycles. The zero-order valence-electron chi connectivity index (χ0n) is 10.4. The molecule has 0 spiro atoms. The number of H-pyrrole nitrogens is 1. The van der Waals surface area contributed by atoms with Crippen molar-refractivity contribution >= 4 is 5.97 Å². The van der Waals surface area contributed by atoms with Crippen molar-refractivity contribution in [1.29, 1.82) is 0 Å². The second kappa shape index (κ2) is 4.48. The first-order valence-electron chi connectivity index (χ1n) is 5.34. The van der Waals surface area contributed by atoms with Crippen LogP contribution in [0.5, 0.6) is 0 Å². The molecule has 6 heteroatoms. The van der Waals surface area contributed by atoms with Crippen molar-refractivity contribution in [2.75, 3.05) is 7.11 Å². The van der Waals surface area contributed by atoms with E-state index in [1.807, 2.05) is 0 Å². The van der Waals surface area contributed by atoms with E-state index in [4.69, 9.17) is 0 Å². The van der Waals surface area contributed by atoms with Gasteiger partial charge in [0.15, 0.2) is 0 Å². The van der Waals surface area contributed by atoms with Gasteiger partial charge in [-0.25, -0.2) is 4.79 Å². The zero-order valence-corrected chi connectivity index (χ0v) is 10.4. The number of nitrogens with zero attached hydrogens (tertiary/aromatic N) is 2. The number of rotatable bonds is 2. The van der Waals surface area contributed by atoms with Crippen molar-refractivity contribution in [2.45, 2.75) is 6.92 Å². The quantitative estimate of drug-likeness (QED) is 0.799. The summed E-state index contributed by atoms with van der Waals surface area (Å²) in [6.07, 6.45) is 1.56. The summed E-state index contributed by atoms with van der Waals surface area (Å²) in [6, 6.07) is 3.16. The Kier molecular flexibility index (Phi) is 3.01. The lowest BCUT2D eigenvalue weighted by Gasteiger charge is -2.03. The van der Waals surface area contributed by atoms with Crippen molar-refractivity contribution in [1.82, 2.24) is 14.8 Å². The van der Waals surface area contributed by atoms with Gasteiger partial charge in [0, 0.05) is 18.9 Å². The molecule has 6 nitrogen and oxygen atoms in total. The van der Waals surface area contributed by atoms with Gasteiger partial charge in [0.1, 0.15) is 0 Å². The van der Waals surface area contributed by atoms with Crippen LogP contribution < -0.4 is 5.56 Å². The number of aromatic nitrogens is 3. The number of aryl methyl sites for hydroxylation is 2. The normalized spacial score (nSPS) is 10.4. The van der Waals surface area contributed by atoms with E-state index in [0.717, 1.165) is 0 Å². The molecule has 0 unspecified atom stereocenters. The minimum absolute atomic E-state index is 0.191. The van der Waals surface area contributed by atoms with Gasteiger partial charge in [0.2, 0.25) is 0 Å². The first-order chi connectivity index (χ1) is 8.52. The third-order valence-corrected chi connectivity index (χ3v) is 2.59. The Morgan fingerprint density at radius 3 is 2.72 bits per heavy atom. The van der Waals surface area contributed by atoms with Gasteiger partial charge in [-0.05, 0) is 19.1 Å². The van der Waals surface area contributed by atoms with Crippen LogP contribution in [0.2, 0.25) is 0 Å². The van der Waals surface area contributed by atoms with E-state index < -0.39 is 5.97 Å². The molecule has 0 atom stereocenters. The first-order valence-corrected chi connectivity index (χ1v) is 5.34. The summed E-state index contributed by atoms with van der Waals surface area (Å²) in [4.78, 5) is 27.6. The smallest absolute Gasteiger partial charge is 0.337 e. The van der Waals surface area contributed by atoms with Gasteiger partial charge in [-0.1, -0.05) is 0 Å². The number of aromatic amines is 1. The number of carbonyl (C=O) groups excluding carboxylic acids is 1. The van der Waals surface area contributed by atoms with E-state index in [2.05, 4.69) is 14.8 Å². The fourth-order valence-corrected chi connectivity index (χ4v) is 1.69. The molecule has 2 heterocycles. The van der Waals surface area contributed by atoms with Crippen LogP contribution in [0.25, 0.3) is 11.3 Å². The zero-order chi connectivity index (χ0) is 13.3. The summed E-state index contributed by atoms with van der Waals surface area (Å²) >= 11 is 0. The minimum Gasteiger partial charge on any atom is -0.465 e. The third kappa shape index (κ3) is 2.04. The first kappa shape index (κ1) is 12.1. The molecule has 18 heavy (non-hydrogen) atoms. The molecule has 0 amide bonds. The van der Waals surface area contributed by atoms with E-state index in [0.29, 0.717) is 22.5 Å².